The van der Waals surface area contributed by atoms with Crippen molar-refractivity contribution in [2.24, 2.45) is 11.8 Å². The molecule has 1 amide bonds. The van der Waals surface area contributed by atoms with E-state index in [2.05, 4.69) is 5.32 Å². The van der Waals surface area contributed by atoms with Crippen LogP contribution in [0.4, 0.5) is 13.2 Å². The van der Waals surface area contributed by atoms with E-state index in [4.69, 9.17) is 5.26 Å². The first-order valence-corrected chi connectivity index (χ1v) is 4.94. The minimum Gasteiger partial charge on any atom is -0.352 e. The molecule has 0 saturated carbocycles. The standard InChI is InChI=1S/C10H15F3N2O/c1-6(2)8(5-14)9(16)15-7(3)4-10(11,12)13/h6-8H,4H2,1-3H3,(H,15,16). The van der Waals surface area contributed by atoms with Crippen molar-refractivity contribution >= 4 is 5.91 Å². The number of hydrogen-bond acceptors (Lipinski definition) is 2. The van der Waals surface area contributed by atoms with Gasteiger partial charge in [0.2, 0.25) is 5.91 Å². The maximum atomic E-state index is 12.0. The van der Waals surface area contributed by atoms with Gasteiger partial charge in [-0.2, -0.15) is 18.4 Å². The third kappa shape index (κ3) is 5.59. The molecule has 0 aromatic rings. The van der Waals surface area contributed by atoms with Gasteiger partial charge >= 0.3 is 6.18 Å². The van der Waals surface area contributed by atoms with Crippen LogP contribution in [0.15, 0.2) is 0 Å². The van der Waals surface area contributed by atoms with Crippen LogP contribution in [0.25, 0.3) is 0 Å². The quantitative estimate of drug-likeness (QED) is 0.813. The second-order valence-corrected chi connectivity index (χ2v) is 4.08. The van der Waals surface area contributed by atoms with E-state index in [1.165, 1.54) is 6.92 Å². The number of nitrogens with zero attached hydrogens (tertiary/aromatic N) is 1. The van der Waals surface area contributed by atoms with Crippen LogP contribution < -0.4 is 5.32 Å². The van der Waals surface area contributed by atoms with Crippen molar-refractivity contribution < 1.29 is 18.0 Å². The Bertz CT molecular complexity index is 281. The molecule has 16 heavy (non-hydrogen) atoms. The number of nitriles is 1. The summed E-state index contributed by atoms with van der Waals surface area (Å²) in [5, 5.41) is 10.9. The number of carbonyl (C=O) groups excluding carboxylic acids is 1. The third-order valence-corrected chi connectivity index (χ3v) is 2.01. The molecular formula is C10H15F3N2O. The summed E-state index contributed by atoms with van der Waals surface area (Å²) in [6.45, 7) is 4.60. The summed E-state index contributed by atoms with van der Waals surface area (Å²) >= 11 is 0. The molecule has 0 saturated heterocycles. The Balaban J connectivity index is 4.30. The molecule has 0 aliphatic carbocycles. The number of amides is 1. The van der Waals surface area contributed by atoms with Crippen molar-refractivity contribution in [3.05, 3.63) is 0 Å². The van der Waals surface area contributed by atoms with Crippen LogP contribution in [0, 0.1) is 23.2 Å². The molecule has 0 radical (unpaired) electrons. The zero-order chi connectivity index (χ0) is 12.9. The van der Waals surface area contributed by atoms with Gasteiger partial charge in [0.25, 0.3) is 0 Å². The number of hydrogen-bond donors (Lipinski definition) is 1. The fraction of sp³-hybridized carbons (Fsp3) is 0.800. The smallest absolute Gasteiger partial charge is 0.352 e. The second-order valence-electron chi connectivity index (χ2n) is 4.08. The lowest BCUT2D eigenvalue weighted by Crippen LogP contribution is -2.40. The van der Waals surface area contributed by atoms with Crippen LogP contribution in [-0.2, 0) is 4.79 Å². The number of halogens is 3. The van der Waals surface area contributed by atoms with Crippen molar-refractivity contribution in [1.82, 2.24) is 5.32 Å². The predicted octanol–water partition coefficient (Wildman–Crippen LogP) is 2.24. The van der Waals surface area contributed by atoms with E-state index in [9.17, 15) is 18.0 Å². The van der Waals surface area contributed by atoms with Gasteiger partial charge in [0.1, 0.15) is 5.92 Å². The molecule has 0 spiro atoms. The van der Waals surface area contributed by atoms with E-state index in [1.807, 2.05) is 0 Å². The summed E-state index contributed by atoms with van der Waals surface area (Å²) in [6, 6.07) is 0.764. The van der Waals surface area contributed by atoms with E-state index in [-0.39, 0.29) is 5.92 Å². The molecule has 6 heteroatoms. The summed E-state index contributed by atoms with van der Waals surface area (Å²) in [7, 11) is 0. The highest BCUT2D eigenvalue weighted by Crippen LogP contribution is 2.21. The van der Waals surface area contributed by atoms with Gasteiger partial charge in [0, 0.05) is 6.04 Å². The summed E-state index contributed by atoms with van der Waals surface area (Å²) in [5.74, 6) is -1.77. The summed E-state index contributed by atoms with van der Waals surface area (Å²) in [4.78, 5) is 11.4. The molecule has 0 aliphatic heterocycles. The lowest BCUT2D eigenvalue weighted by Gasteiger charge is -2.19. The highest BCUT2D eigenvalue weighted by atomic mass is 19.4. The highest BCUT2D eigenvalue weighted by Gasteiger charge is 2.32. The van der Waals surface area contributed by atoms with E-state index in [1.54, 1.807) is 19.9 Å². The van der Waals surface area contributed by atoms with Crippen molar-refractivity contribution in [2.45, 2.75) is 39.4 Å². The Morgan fingerprint density at radius 1 is 1.38 bits per heavy atom. The number of nitrogens with one attached hydrogen (secondary N) is 1. The van der Waals surface area contributed by atoms with Gasteiger partial charge in [-0.1, -0.05) is 13.8 Å². The molecule has 0 aromatic carbocycles. The third-order valence-electron chi connectivity index (χ3n) is 2.01. The fourth-order valence-corrected chi connectivity index (χ4v) is 1.24. The molecular weight excluding hydrogens is 221 g/mol. The van der Waals surface area contributed by atoms with Crippen molar-refractivity contribution in [3.63, 3.8) is 0 Å². The molecule has 0 aromatic heterocycles. The van der Waals surface area contributed by atoms with Gasteiger partial charge in [-0.3, -0.25) is 4.79 Å². The lowest BCUT2D eigenvalue weighted by atomic mass is 9.96. The zero-order valence-electron chi connectivity index (χ0n) is 9.43. The Morgan fingerprint density at radius 2 is 1.88 bits per heavy atom. The molecule has 0 rings (SSSR count). The van der Waals surface area contributed by atoms with Gasteiger partial charge in [-0.25, -0.2) is 0 Å². The Kier molecular flexibility index (Phi) is 5.28. The molecule has 0 aliphatic rings. The number of rotatable bonds is 4. The molecule has 2 atom stereocenters. The highest BCUT2D eigenvalue weighted by molar-refractivity contribution is 5.81. The lowest BCUT2D eigenvalue weighted by molar-refractivity contribution is -0.142. The first kappa shape index (κ1) is 14.8. The van der Waals surface area contributed by atoms with Gasteiger partial charge < -0.3 is 5.32 Å². The molecule has 1 N–H and O–H groups in total. The molecule has 0 heterocycles. The summed E-state index contributed by atoms with van der Waals surface area (Å²) in [6.07, 6.45) is -5.40. The van der Waals surface area contributed by atoms with Gasteiger partial charge in [0.05, 0.1) is 12.5 Å². The van der Waals surface area contributed by atoms with Crippen LogP contribution in [0.2, 0.25) is 0 Å². The first-order chi connectivity index (χ1) is 7.17. The summed E-state index contributed by atoms with van der Waals surface area (Å²) < 4.78 is 35.9. The molecule has 0 bridgehead atoms. The van der Waals surface area contributed by atoms with E-state index < -0.39 is 30.5 Å². The van der Waals surface area contributed by atoms with Gasteiger partial charge in [-0.05, 0) is 12.8 Å². The van der Waals surface area contributed by atoms with Crippen LogP contribution in [0.3, 0.4) is 0 Å². The molecule has 0 fully saturated rings. The minimum atomic E-state index is -4.31. The predicted molar refractivity (Wildman–Crippen MR) is 52.2 cm³/mol. The largest absolute Gasteiger partial charge is 0.391 e. The van der Waals surface area contributed by atoms with Crippen LogP contribution in [0.5, 0.6) is 0 Å². The first-order valence-electron chi connectivity index (χ1n) is 4.94. The van der Waals surface area contributed by atoms with Crippen molar-refractivity contribution in [3.8, 4) is 6.07 Å². The number of alkyl halides is 3. The van der Waals surface area contributed by atoms with Crippen molar-refractivity contribution in [1.29, 1.82) is 5.26 Å². The molecule has 2 unspecified atom stereocenters. The Labute approximate surface area is 92.6 Å². The zero-order valence-corrected chi connectivity index (χ0v) is 9.43. The molecule has 3 nitrogen and oxygen atoms in total. The average molecular weight is 236 g/mol. The van der Waals surface area contributed by atoms with Crippen LogP contribution >= 0.6 is 0 Å². The van der Waals surface area contributed by atoms with E-state index >= 15 is 0 Å². The van der Waals surface area contributed by atoms with Crippen LogP contribution in [-0.4, -0.2) is 18.1 Å². The Hall–Kier alpha value is -1.25. The normalized spacial score (nSPS) is 15.4. The van der Waals surface area contributed by atoms with Crippen LogP contribution in [0.1, 0.15) is 27.2 Å². The van der Waals surface area contributed by atoms with Crippen molar-refractivity contribution in [2.75, 3.05) is 0 Å². The minimum absolute atomic E-state index is 0.219. The monoisotopic (exact) mass is 236 g/mol. The summed E-state index contributed by atoms with van der Waals surface area (Å²) in [5.41, 5.74) is 0. The topological polar surface area (TPSA) is 52.9 Å². The van der Waals surface area contributed by atoms with E-state index in [0.29, 0.717) is 0 Å². The van der Waals surface area contributed by atoms with Gasteiger partial charge in [-0.15, -0.1) is 0 Å². The average Bonchev–Trinajstić information content (AvgIpc) is 1.99. The Morgan fingerprint density at radius 3 is 2.19 bits per heavy atom. The maximum Gasteiger partial charge on any atom is 0.391 e. The maximum absolute atomic E-state index is 12.0. The van der Waals surface area contributed by atoms with Gasteiger partial charge in [0.15, 0.2) is 0 Å². The van der Waals surface area contributed by atoms with E-state index in [0.717, 1.165) is 0 Å². The SMILES string of the molecule is CC(CC(F)(F)F)NC(=O)C(C#N)C(C)C. The number of carbonyl (C=O) groups is 1. The molecule has 92 valence electrons. The fourth-order valence-electron chi connectivity index (χ4n) is 1.24. The second kappa shape index (κ2) is 5.73.